The molecule has 3 unspecified atom stereocenters. The van der Waals surface area contributed by atoms with E-state index < -0.39 is 47.3 Å². The summed E-state index contributed by atoms with van der Waals surface area (Å²) in [5.74, 6) is -1.48. The molecule has 11 heteroatoms. The Bertz CT molecular complexity index is 885. The topological polar surface area (TPSA) is 139 Å². The highest BCUT2D eigenvalue weighted by Crippen LogP contribution is 1.97. The van der Waals surface area contributed by atoms with E-state index in [1.165, 1.54) is 20.8 Å². The number of rotatable bonds is 10. The number of carbonyl (C=O) groups is 2. The summed E-state index contributed by atoms with van der Waals surface area (Å²) in [5, 5.41) is 9.62. The summed E-state index contributed by atoms with van der Waals surface area (Å²) in [6.45, 7) is 9.77. The van der Waals surface area contributed by atoms with Gasteiger partial charge in [0.05, 0.1) is 25.7 Å². The number of aliphatic hydroxyl groups excluding tert-OH is 1. The molecule has 0 fully saturated rings. The molecule has 1 aromatic rings. The third kappa shape index (κ3) is 6.42. The lowest BCUT2D eigenvalue weighted by atomic mass is 10.3. The third-order valence-corrected chi connectivity index (χ3v) is 3.68. The fraction of sp³-hybridized carbons (Fsp3) is 0.500. The van der Waals surface area contributed by atoms with Crippen molar-refractivity contribution in [3.8, 4) is 0 Å². The molecule has 0 aliphatic heterocycles. The van der Waals surface area contributed by atoms with Crippen LogP contribution < -0.4 is 17.1 Å². The third-order valence-electron chi connectivity index (χ3n) is 3.68. The molecule has 0 saturated heterocycles. The Morgan fingerprint density at radius 1 is 0.828 bits per heavy atom. The van der Waals surface area contributed by atoms with Crippen molar-refractivity contribution in [1.82, 2.24) is 13.7 Å². The summed E-state index contributed by atoms with van der Waals surface area (Å²) in [6, 6.07) is 0. The van der Waals surface area contributed by atoms with Crippen LogP contribution in [-0.4, -0.2) is 49.1 Å². The summed E-state index contributed by atoms with van der Waals surface area (Å²) < 4.78 is 12.1. The van der Waals surface area contributed by atoms with E-state index in [1.807, 2.05) is 0 Å². The van der Waals surface area contributed by atoms with Gasteiger partial charge in [0.15, 0.2) is 0 Å². The predicted molar refractivity (Wildman–Crippen MR) is 102 cm³/mol. The van der Waals surface area contributed by atoms with Gasteiger partial charge in [0.25, 0.3) is 0 Å². The van der Waals surface area contributed by atoms with Crippen molar-refractivity contribution in [3.05, 3.63) is 56.8 Å². The summed E-state index contributed by atoms with van der Waals surface area (Å²) >= 11 is 0. The predicted octanol–water partition coefficient (Wildman–Crippen LogP) is -1.21. The van der Waals surface area contributed by atoms with Gasteiger partial charge >= 0.3 is 29.0 Å². The number of nitrogens with zero attached hydrogens (tertiary/aromatic N) is 3. The van der Waals surface area contributed by atoms with Crippen LogP contribution >= 0.6 is 0 Å². The largest absolute Gasteiger partial charge is 0.458 e. The SMILES string of the molecule is C=CC(=O)OC(C)Cn1c(=O)n(CC(C)O)c(=O)n(CC(C)OC(=O)C=C)c1=O. The van der Waals surface area contributed by atoms with Crippen molar-refractivity contribution in [2.24, 2.45) is 0 Å². The van der Waals surface area contributed by atoms with Crippen LogP contribution in [0.5, 0.6) is 0 Å². The Balaban J connectivity index is 3.45. The molecule has 11 nitrogen and oxygen atoms in total. The minimum absolute atomic E-state index is 0.335. The van der Waals surface area contributed by atoms with Crippen LogP contribution in [0.3, 0.4) is 0 Å². The molecule has 0 bridgehead atoms. The number of hydrogen-bond acceptors (Lipinski definition) is 8. The van der Waals surface area contributed by atoms with Crippen LogP contribution in [0, 0.1) is 0 Å². The monoisotopic (exact) mass is 411 g/mol. The second-order valence-electron chi connectivity index (χ2n) is 6.43. The average molecular weight is 411 g/mol. The second kappa shape index (κ2) is 10.4. The molecule has 0 aromatic carbocycles. The first-order valence-corrected chi connectivity index (χ1v) is 8.80. The fourth-order valence-corrected chi connectivity index (χ4v) is 2.50. The van der Waals surface area contributed by atoms with E-state index in [0.29, 0.717) is 13.7 Å². The van der Waals surface area contributed by atoms with Gasteiger partial charge in [-0.15, -0.1) is 0 Å². The van der Waals surface area contributed by atoms with Gasteiger partial charge in [-0.2, -0.15) is 0 Å². The van der Waals surface area contributed by atoms with E-state index in [0.717, 1.165) is 12.2 Å². The molecule has 0 saturated carbocycles. The summed E-state index contributed by atoms with van der Waals surface area (Å²) in [4.78, 5) is 60.7. The highest BCUT2D eigenvalue weighted by Gasteiger charge is 2.21. The van der Waals surface area contributed by atoms with E-state index >= 15 is 0 Å². The molecule has 1 N–H and O–H groups in total. The van der Waals surface area contributed by atoms with Gasteiger partial charge in [-0.1, -0.05) is 13.2 Å². The zero-order chi connectivity index (χ0) is 22.3. The summed E-state index contributed by atoms with van der Waals surface area (Å²) in [7, 11) is 0. The first kappa shape index (κ1) is 23.8. The van der Waals surface area contributed by atoms with Gasteiger partial charge in [-0.05, 0) is 20.8 Å². The molecular weight excluding hydrogens is 386 g/mol. The van der Waals surface area contributed by atoms with Crippen molar-refractivity contribution in [1.29, 1.82) is 0 Å². The normalized spacial score (nSPS) is 13.8. The van der Waals surface area contributed by atoms with Gasteiger partial charge in [0.1, 0.15) is 12.2 Å². The summed E-state index contributed by atoms with van der Waals surface area (Å²) in [5.41, 5.74) is -2.89. The van der Waals surface area contributed by atoms with Crippen molar-refractivity contribution in [3.63, 3.8) is 0 Å². The first-order chi connectivity index (χ1) is 13.5. The number of ether oxygens (including phenoxy) is 2. The van der Waals surface area contributed by atoms with Crippen molar-refractivity contribution < 1.29 is 24.2 Å². The zero-order valence-corrected chi connectivity index (χ0v) is 16.6. The minimum Gasteiger partial charge on any atom is -0.458 e. The number of aliphatic hydroxyl groups is 1. The molecule has 0 amide bonds. The molecule has 0 aliphatic carbocycles. The van der Waals surface area contributed by atoms with Crippen LogP contribution in [-0.2, 0) is 38.7 Å². The highest BCUT2D eigenvalue weighted by molar-refractivity contribution is 5.81. The standard InChI is InChI=1S/C18H25N3O8/c1-6-14(23)28-12(4)9-20-16(25)19(8-11(3)22)17(26)21(18(20)27)10-13(5)29-15(24)7-2/h6-7,11-13,22H,1-2,8-10H2,3-5H3. The van der Waals surface area contributed by atoms with E-state index in [2.05, 4.69) is 13.2 Å². The van der Waals surface area contributed by atoms with E-state index in [9.17, 15) is 29.1 Å². The molecule has 0 spiro atoms. The maximum Gasteiger partial charge on any atom is 0.336 e. The molecule has 160 valence electrons. The Labute approximate surface area is 166 Å². The molecular formula is C18H25N3O8. The van der Waals surface area contributed by atoms with Crippen LogP contribution in [0.4, 0.5) is 0 Å². The van der Waals surface area contributed by atoms with Gasteiger partial charge in [0, 0.05) is 12.2 Å². The van der Waals surface area contributed by atoms with Gasteiger partial charge in [-0.3, -0.25) is 0 Å². The molecule has 29 heavy (non-hydrogen) atoms. The molecule has 1 aromatic heterocycles. The summed E-state index contributed by atoms with van der Waals surface area (Å²) in [6.07, 6.45) is -0.948. The Hall–Kier alpha value is -3.21. The number of carbonyl (C=O) groups excluding carboxylic acids is 2. The smallest absolute Gasteiger partial charge is 0.336 e. The van der Waals surface area contributed by atoms with E-state index in [-0.39, 0.29) is 19.6 Å². The quantitative estimate of drug-likeness (QED) is 0.374. The molecule has 1 heterocycles. The van der Waals surface area contributed by atoms with E-state index in [1.54, 1.807) is 0 Å². The minimum atomic E-state index is -1.05. The van der Waals surface area contributed by atoms with Crippen molar-refractivity contribution in [2.75, 3.05) is 0 Å². The molecule has 0 radical (unpaired) electrons. The number of aromatic nitrogens is 3. The van der Waals surface area contributed by atoms with Gasteiger partial charge in [-0.25, -0.2) is 37.7 Å². The van der Waals surface area contributed by atoms with Gasteiger partial charge in [0.2, 0.25) is 0 Å². The lowest BCUT2D eigenvalue weighted by Gasteiger charge is -2.19. The first-order valence-electron chi connectivity index (χ1n) is 8.80. The van der Waals surface area contributed by atoms with Crippen molar-refractivity contribution >= 4 is 11.9 Å². The second-order valence-corrected chi connectivity index (χ2v) is 6.43. The molecule has 0 aliphatic rings. The molecule has 1 rings (SSSR count). The van der Waals surface area contributed by atoms with Crippen LogP contribution in [0.1, 0.15) is 20.8 Å². The lowest BCUT2D eigenvalue weighted by Crippen LogP contribution is -2.57. The zero-order valence-electron chi connectivity index (χ0n) is 16.6. The molecule has 3 atom stereocenters. The fourth-order valence-electron chi connectivity index (χ4n) is 2.50. The van der Waals surface area contributed by atoms with Crippen molar-refractivity contribution in [2.45, 2.75) is 58.7 Å². The van der Waals surface area contributed by atoms with Gasteiger partial charge < -0.3 is 14.6 Å². The Morgan fingerprint density at radius 2 is 1.14 bits per heavy atom. The number of hydrogen-bond donors (Lipinski definition) is 1. The Morgan fingerprint density at radius 3 is 1.41 bits per heavy atom. The van der Waals surface area contributed by atoms with Crippen LogP contribution in [0.2, 0.25) is 0 Å². The average Bonchev–Trinajstić information content (AvgIpc) is 2.65. The highest BCUT2D eigenvalue weighted by atomic mass is 16.5. The van der Waals surface area contributed by atoms with Crippen LogP contribution in [0.25, 0.3) is 0 Å². The maximum absolute atomic E-state index is 12.8. The maximum atomic E-state index is 12.8. The lowest BCUT2D eigenvalue weighted by molar-refractivity contribution is -0.143. The van der Waals surface area contributed by atoms with E-state index in [4.69, 9.17) is 9.47 Å². The van der Waals surface area contributed by atoms with Crippen LogP contribution in [0.15, 0.2) is 39.7 Å². The number of esters is 2. The Kier molecular flexibility index (Phi) is 8.52.